The Labute approximate surface area is 164 Å². The number of rotatable bonds is 5. The molecule has 0 radical (unpaired) electrons. The van der Waals surface area contributed by atoms with Crippen molar-refractivity contribution in [3.8, 4) is 0 Å². The van der Waals surface area contributed by atoms with Gasteiger partial charge in [-0.1, -0.05) is 13.3 Å². The second-order valence-electron chi connectivity index (χ2n) is 7.75. The van der Waals surface area contributed by atoms with Gasteiger partial charge in [-0.15, -0.1) is 24.0 Å². The first-order valence-electron chi connectivity index (χ1n) is 9.59. The van der Waals surface area contributed by atoms with E-state index in [2.05, 4.69) is 22.0 Å². The van der Waals surface area contributed by atoms with Gasteiger partial charge in [-0.05, 0) is 43.9 Å². The Morgan fingerprint density at radius 2 is 1.96 bits per heavy atom. The fraction of sp³-hybridized carbons (Fsp3) is 0.944. The lowest BCUT2D eigenvalue weighted by molar-refractivity contribution is 0.0957. The molecule has 2 saturated carbocycles. The van der Waals surface area contributed by atoms with Crippen LogP contribution in [0.4, 0.5) is 0 Å². The van der Waals surface area contributed by atoms with Gasteiger partial charge in [-0.2, -0.15) is 0 Å². The van der Waals surface area contributed by atoms with Crippen LogP contribution >= 0.6 is 24.0 Å². The van der Waals surface area contributed by atoms with Crippen LogP contribution in [0, 0.1) is 17.8 Å². The van der Waals surface area contributed by atoms with Crippen molar-refractivity contribution >= 4 is 29.9 Å². The summed E-state index contributed by atoms with van der Waals surface area (Å²) in [6.45, 7) is 10.5. The Hall–Kier alpha value is -0.0800. The summed E-state index contributed by atoms with van der Waals surface area (Å²) in [5.41, 5.74) is 0. The molecule has 3 aliphatic rings. The summed E-state index contributed by atoms with van der Waals surface area (Å²) in [5.74, 6) is 3.28. The largest absolute Gasteiger partial charge is 0.396 e. The molecule has 3 fully saturated rings. The van der Waals surface area contributed by atoms with E-state index in [1.165, 1.54) is 38.8 Å². The quantitative estimate of drug-likeness (QED) is 0.382. The van der Waals surface area contributed by atoms with Crippen LogP contribution in [0.3, 0.4) is 0 Å². The van der Waals surface area contributed by atoms with Crippen molar-refractivity contribution in [2.45, 2.75) is 45.6 Å². The number of aliphatic imine (C=N–C) groups is 1. The van der Waals surface area contributed by atoms with Crippen LogP contribution in [-0.4, -0.2) is 72.8 Å². The number of halogens is 1. The molecule has 4 unspecified atom stereocenters. The maximum absolute atomic E-state index is 9.19. The molecular formula is C18H35IN4O. The van der Waals surface area contributed by atoms with Crippen molar-refractivity contribution in [3.63, 3.8) is 0 Å². The van der Waals surface area contributed by atoms with Crippen molar-refractivity contribution in [2.75, 3.05) is 45.9 Å². The summed E-state index contributed by atoms with van der Waals surface area (Å²) in [5, 5.41) is 12.6. The summed E-state index contributed by atoms with van der Waals surface area (Å²) in [6.07, 6.45) is 5.90. The number of guanidine groups is 1. The summed E-state index contributed by atoms with van der Waals surface area (Å²) in [7, 11) is 0. The van der Waals surface area contributed by atoms with E-state index in [1.807, 2.05) is 6.92 Å². The fourth-order valence-corrected chi connectivity index (χ4v) is 4.65. The number of hydrogen-bond donors (Lipinski definition) is 2. The molecule has 1 heterocycles. The Bertz CT molecular complexity index is 412. The highest BCUT2D eigenvalue weighted by atomic mass is 127. The van der Waals surface area contributed by atoms with Crippen molar-refractivity contribution in [2.24, 2.45) is 22.7 Å². The van der Waals surface area contributed by atoms with E-state index in [9.17, 15) is 5.11 Å². The molecule has 140 valence electrons. The first-order valence-corrected chi connectivity index (χ1v) is 9.59. The van der Waals surface area contributed by atoms with Gasteiger partial charge in [0.15, 0.2) is 5.96 Å². The number of hydrogen-bond acceptors (Lipinski definition) is 3. The highest BCUT2D eigenvalue weighted by molar-refractivity contribution is 14.0. The van der Waals surface area contributed by atoms with E-state index in [4.69, 9.17) is 4.99 Å². The van der Waals surface area contributed by atoms with Crippen LogP contribution in [0.15, 0.2) is 4.99 Å². The molecule has 6 heteroatoms. The highest BCUT2D eigenvalue weighted by Crippen LogP contribution is 2.46. The first kappa shape index (κ1) is 20.2. The van der Waals surface area contributed by atoms with Gasteiger partial charge in [-0.25, -0.2) is 0 Å². The Kier molecular flexibility index (Phi) is 8.07. The fourth-order valence-electron chi connectivity index (χ4n) is 4.65. The SMILES string of the molecule is CCNC(=NCC(C)CO)N1CCN(C2CC3CCC2C3)CC1.I. The Balaban J connectivity index is 0.00000208. The summed E-state index contributed by atoms with van der Waals surface area (Å²) in [6, 6.07) is 0.866. The number of nitrogens with one attached hydrogen (secondary N) is 1. The molecule has 0 amide bonds. The van der Waals surface area contributed by atoms with E-state index in [-0.39, 0.29) is 36.5 Å². The second-order valence-corrected chi connectivity index (χ2v) is 7.75. The van der Waals surface area contributed by atoms with Gasteiger partial charge in [0.2, 0.25) is 0 Å². The van der Waals surface area contributed by atoms with Crippen molar-refractivity contribution in [3.05, 3.63) is 0 Å². The molecule has 5 nitrogen and oxygen atoms in total. The number of aliphatic hydroxyl groups excluding tert-OH is 1. The molecule has 0 aromatic rings. The minimum atomic E-state index is 0. The summed E-state index contributed by atoms with van der Waals surface area (Å²) in [4.78, 5) is 9.87. The average Bonchev–Trinajstić information content (AvgIpc) is 3.21. The van der Waals surface area contributed by atoms with Crippen molar-refractivity contribution < 1.29 is 5.11 Å². The standard InChI is InChI=1S/C18H34N4O.HI/c1-3-19-18(20-12-14(2)13-23)22-8-6-21(7-9-22)17-11-15-4-5-16(17)10-15;/h14-17,23H,3-13H2,1-2H3,(H,19,20);1H. The predicted molar refractivity (Wildman–Crippen MR) is 110 cm³/mol. The Morgan fingerprint density at radius 3 is 2.50 bits per heavy atom. The number of nitrogens with zero attached hydrogens (tertiary/aromatic N) is 3. The number of aliphatic hydroxyl groups is 1. The van der Waals surface area contributed by atoms with E-state index in [0.717, 1.165) is 43.5 Å². The zero-order valence-electron chi connectivity index (χ0n) is 15.3. The maximum Gasteiger partial charge on any atom is 0.194 e. The molecule has 0 spiro atoms. The first-order chi connectivity index (χ1) is 11.2. The molecule has 0 aromatic heterocycles. The average molecular weight is 450 g/mol. The Morgan fingerprint density at radius 1 is 1.21 bits per heavy atom. The highest BCUT2D eigenvalue weighted by Gasteiger charge is 2.42. The molecule has 24 heavy (non-hydrogen) atoms. The molecular weight excluding hydrogens is 415 g/mol. The molecule has 4 atom stereocenters. The van der Waals surface area contributed by atoms with Gasteiger partial charge < -0.3 is 15.3 Å². The number of piperazine rings is 1. The van der Waals surface area contributed by atoms with E-state index < -0.39 is 0 Å². The van der Waals surface area contributed by atoms with Gasteiger partial charge in [0, 0.05) is 51.9 Å². The van der Waals surface area contributed by atoms with E-state index in [1.54, 1.807) is 0 Å². The maximum atomic E-state index is 9.19. The molecule has 2 aliphatic carbocycles. The van der Waals surface area contributed by atoms with Gasteiger partial charge in [0.1, 0.15) is 0 Å². The predicted octanol–water partition coefficient (Wildman–Crippen LogP) is 2.00. The number of fused-ring (bicyclic) bond motifs is 2. The van der Waals surface area contributed by atoms with Crippen LogP contribution in [0.25, 0.3) is 0 Å². The lowest BCUT2D eigenvalue weighted by Crippen LogP contribution is -2.55. The lowest BCUT2D eigenvalue weighted by atomic mass is 9.93. The summed E-state index contributed by atoms with van der Waals surface area (Å²) < 4.78 is 0. The molecule has 0 aromatic carbocycles. The van der Waals surface area contributed by atoms with Crippen LogP contribution in [0.1, 0.15) is 39.5 Å². The van der Waals surface area contributed by atoms with E-state index >= 15 is 0 Å². The summed E-state index contributed by atoms with van der Waals surface area (Å²) >= 11 is 0. The zero-order valence-corrected chi connectivity index (χ0v) is 17.6. The minimum absolute atomic E-state index is 0. The molecule has 1 saturated heterocycles. The van der Waals surface area contributed by atoms with Gasteiger partial charge in [-0.3, -0.25) is 9.89 Å². The van der Waals surface area contributed by atoms with Crippen molar-refractivity contribution in [1.82, 2.24) is 15.1 Å². The third kappa shape index (κ3) is 4.75. The lowest BCUT2D eigenvalue weighted by Gasteiger charge is -2.42. The van der Waals surface area contributed by atoms with Gasteiger partial charge in [0.05, 0.1) is 0 Å². The van der Waals surface area contributed by atoms with Crippen LogP contribution < -0.4 is 5.32 Å². The van der Waals surface area contributed by atoms with Crippen molar-refractivity contribution in [1.29, 1.82) is 0 Å². The topological polar surface area (TPSA) is 51.1 Å². The molecule has 2 bridgehead atoms. The molecule has 2 N–H and O–H groups in total. The van der Waals surface area contributed by atoms with E-state index in [0.29, 0.717) is 6.54 Å². The minimum Gasteiger partial charge on any atom is -0.396 e. The third-order valence-corrected chi connectivity index (χ3v) is 5.98. The molecule has 3 rings (SSSR count). The monoisotopic (exact) mass is 450 g/mol. The normalized spacial score (nSPS) is 31.9. The second kappa shape index (κ2) is 9.57. The zero-order chi connectivity index (χ0) is 16.2. The van der Waals surface area contributed by atoms with Crippen LogP contribution in [0.2, 0.25) is 0 Å². The van der Waals surface area contributed by atoms with Crippen LogP contribution in [-0.2, 0) is 0 Å². The van der Waals surface area contributed by atoms with Gasteiger partial charge >= 0.3 is 0 Å². The smallest absolute Gasteiger partial charge is 0.194 e. The van der Waals surface area contributed by atoms with Gasteiger partial charge in [0.25, 0.3) is 0 Å². The third-order valence-electron chi connectivity index (χ3n) is 5.98. The van der Waals surface area contributed by atoms with Crippen LogP contribution in [0.5, 0.6) is 0 Å². The molecule has 1 aliphatic heterocycles.